The lowest BCUT2D eigenvalue weighted by molar-refractivity contribution is -0.137. The van der Waals surface area contributed by atoms with Crippen LogP contribution in [0.15, 0.2) is 0 Å². The smallest absolute Gasteiger partial charge is 0.376 e. The first-order chi connectivity index (χ1) is 7.20. The Morgan fingerprint density at radius 1 is 1.07 bits per heavy atom. The molecule has 0 aromatic heterocycles. The van der Waals surface area contributed by atoms with Crippen LogP contribution >= 0.6 is 0 Å². The van der Waals surface area contributed by atoms with Gasteiger partial charge in [-0.25, -0.2) is 4.79 Å². The monoisotopic (exact) mass is 215 g/mol. The Bertz CT molecular complexity index is 172. The lowest BCUT2D eigenvalue weighted by Crippen LogP contribution is -2.27. The molecule has 0 saturated carbocycles. The normalized spacial score (nSPS) is 9.73. The van der Waals surface area contributed by atoms with Crippen LogP contribution in [0.2, 0.25) is 0 Å². The minimum Gasteiger partial charge on any atom is -0.376 e. The van der Waals surface area contributed by atoms with Crippen LogP contribution in [0.25, 0.3) is 0 Å². The van der Waals surface area contributed by atoms with Crippen LogP contribution in [0.4, 0.5) is 4.79 Å². The first-order valence-electron chi connectivity index (χ1n) is 5.69. The molecule has 15 heavy (non-hydrogen) atoms. The first-order valence-corrected chi connectivity index (χ1v) is 5.69. The van der Waals surface area contributed by atoms with Gasteiger partial charge in [0.25, 0.3) is 0 Å². The molecule has 0 radical (unpaired) electrons. The SMILES string of the molecule is CCCCCC(=O)OC(=O)NCCCC. The van der Waals surface area contributed by atoms with Crippen molar-refractivity contribution in [2.24, 2.45) is 0 Å². The van der Waals surface area contributed by atoms with Crippen molar-refractivity contribution in [1.29, 1.82) is 0 Å². The molecule has 0 bridgehead atoms. The van der Waals surface area contributed by atoms with E-state index in [9.17, 15) is 9.59 Å². The van der Waals surface area contributed by atoms with Gasteiger partial charge in [-0.15, -0.1) is 0 Å². The Hall–Kier alpha value is -1.06. The lowest BCUT2D eigenvalue weighted by atomic mass is 10.2. The number of alkyl carbamates (subject to hydrolysis) is 1. The summed E-state index contributed by atoms with van der Waals surface area (Å²) < 4.78 is 4.55. The van der Waals surface area contributed by atoms with Crippen LogP contribution in [0.3, 0.4) is 0 Å². The fourth-order valence-corrected chi connectivity index (χ4v) is 1.08. The van der Waals surface area contributed by atoms with Gasteiger partial charge in [0, 0.05) is 13.0 Å². The molecule has 0 rings (SSSR count). The molecule has 4 heteroatoms. The molecule has 0 spiro atoms. The van der Waals surface area contributed by atoms with Gasteiger partial charge in [-0.3, -0.25) is 4.79 Å². The summed E-state index contributed by atoms with van der Waals surface area (Å²) in [5.74, 6) is -0.433. The third-order valence-corrected chi connectivity index (χ3v) is 1.99. The van der Waals surface area contributed by atoms with Crippen molar-refractivity contribution in [2.45, 2.75) is 52.4 Å². The standard InChI is InChI=1S/C11H21NO3/c1-3-5-7-8-10(13)15-11(14)12-9-6-4-2/h3-9H2,1-2H3,(H,12,14). The molecule has 0 atom stereocenters. The minimum atomic E-state index is -0.620. The number of unbranched alkanes of at least 4 members (excludes halogenated alkanes) is 3. The highest BCUT2D eigenvalue weighted by atomic mass is 16.6. The van der Waals surface area contributed by atoms with E-state index in [-0.39, 0.29) is 0 Å². The molecule has 0 aliphatic carbocycles. The van der Waals surface area contributed by atoms with Gasteiger partial charge in [0.2, 0.25) is 0 Å². The molecular formula is C11H21NO3. The topological polar surface area (TPSA) is 55.4 Å². The maximum atomic E-state index is 11.1. The quantitative estimate of drug-likeness (QED) is 0.403. The first kappa shape index (κ1) is 13.9. The molecule has 0 aromatic rings. The zero-order chi connectivity index (χ0) is 11.5. The van der Waals surface area contributed by atoms with E-state index in [1.807, 2.05) is 6.92 Å². The van der Waals surface area contributed by atoms with Gasteiger partial charge in [0.05, 0.1) is 0 Å². The highest BCUT2D eigenvalue weighted by molar-refractivity contribution is 5.84. The molecule has 4 nitrogen and oxygen atoms in total. The highest BCUT2D eigenvalue weighted by Gasteiger charge is 2.08. The van der Waals surface area contributed by atoms with Crippen molar-refractivity contribution < 1.29 is 14.3 Å². The van der Waals surface area contributed by atoms with E-state index < -0.39 is 12.1 Å². The molecule has 0 saturated heterocycles. The van der Waals surface area contributed by atoms with Gasteiger partial charge < -0.3 is 10.1 Å². The summed E-state index contributed by atoms with van der Waals surface area (Å²) in [7, 11) is 0. The Balaban J connectivity index is 3.45. The molecule has 0 fully saturated rings. The molecule has 0 heterocycles. The van der Waals surface area contributed by atoms with Gasteiger partial charge in [0.15, 0.2) is 0 Å². The number of rotatable bonds is 7. The predicted molar refractivity (Wildman–Crippen MR) is 58.5 cm³/mol. The van der Waals surface area contributed by atoms with Gasteiger partial charge in [-0.2, -0.15) is 0 Å². The second-order valence-electron chi connectivity index (χ2n) is 3.50. The fraction of sp³-hybridized carbons (Fsp3) is 0.818. The second-order valence-corrected chi connectivity index (χ2v) is 3.50. The van der Waals surface area contributed by atoms with Gasteiger partial charge in [0.1, 0.15) is 0 Å². The minimum absolute atomic E-state index is 0.328. The zero-order valence-corrected chi connectivity index (χ0v) is 9.67. The summed E-state index contributed by atoms with van der Waals surface area (Å²) in [6, 6.07) is 0. The fourth-order valence-electron chi connectivity index (χ4n) is 1.08. The number of hydrogen-bond acceptors (Lipinski definition) is 3. The van der Waals surface area contributed by atoms with E-state index in [1.165, 1.54) is 0 Å². The van der Waals surface area contributed by atoms with Crippen LogP contribution in [-0.2, 0) is 9.53 Å². The third-order valence-electron chi connectivity index (χ3n) is 1.99. The average Bonchev–Trinajstić information content (AvgIpc) is 2.18. The lowest BCUT2D eigenvalue weighted by Gasteiger charge is -2.04. The van der Waals surface area contributed by atoms with E-state index in [0.29, 0.717) is 13.0 Å². The molecule has 88 valence electrons. The summed E-state index contributed by atoms with van der Waals surface area (Å²) in [6.07, 6.45) is 4.45. The number of carbonyl (C=O) groups excluding carboxylic acids is 2. The van der Waals surface area contributed by atoms with Crippen molar-refractivity contribution in [2.75, 3.05) is 6.54 Å². The molecule has 0 unspecified atom stereocenters. The summed E-state index contributed by atoms with van der Waals surface area (Å²) in [6.45, 7) is 4.66. The number of carbonyl (C=O) groups is 2. The highest BCUT2D eigenvalue weighted by Crippen LogP contribution is 2.00. The Kier molecular flexibility index (Phi) is 8.82. The van der Waals surface area contributed by atoms with Crippen LogP contribution in [0.1, 0.15) is 52.4 Å². The van der Waals surface area contributed by atoms with Gasteiger partial charge in [-0.05, 0) is 12.8 Å². The second kappa shape index (κ2) is 9.49. The largest absolute Gasteiger partial charge is 0.414 e. The van der Waals surface area contributed by atoms with Crippen molar-refractivity contribution in [1.82, 2.24) is 5.32 Å². The van der Waals surface area contributed by atoms with Crippen molar-refractivity contribution in [3.8, 4) is 0 Å². The summed E-state index contributed by atoms with van der Waals surface area (Å²) in [5, 5.41) is 2.52. The molecule has 1 amide bonds. The number of hydrogen-bond donors (Lipinski definition) is 1. The van der Waals surface area contributed by atoms with Crippen molar-refractivity contribution in [3.63, 3.8) is 0 Å². The van der Waals surface area contributed by atoms with E-state index in [0.717, 1.165) is 32.1 Å². The maximum absolute atomic E-state index is 11.1. The number of amides is 1. The van der Waals surface area contributed by atoms with E-state index >= 15 is 0 Å². The number of nitrogens with one attached hydrogen (secondary N) is 1. The van der Waals surface area contributed by atoms with Crippen molar-refractivity contribution in [3.05, 3.63) is 0 Å². The third kappa shape index (κ3) is 9.25. The maximum Gasteiger partial charge on any atom is 0.414 e. The average molecular weight is 215 g/mol. The number of esters is 1. The summed E-state index contributed by atoms with van der Waals surface area (Å²) in [5.41, 5.74) is 0. The summed E-state index contributed by atoms with van der Waals surface area (Å²) >= 11 is 0. The molecule has 1 N–H and O–H groups in total. The number of ether oxygens (including phenoxy) is 1. The summed E-state index contributed by atoms with van der Waals surface area (Å²) in [4.78, 5) is 22.1. The molecule has 0 aliphatic rings. The van der Waals surface area contributed by atoms with Crippen LogP contribution in [0.5, 0.6) is 0 Å². The van der Waals surface area contributed by atoms with Crippen molar-refractivity contribution >= 4 is 12.1 Å². The predicted octanol–water partition coefficient (Wildman–Crippen LogP) is 2.62. The van der Waals surface area contributed by atoms with E-state index in [2.05, 4.69) is 17.0 Å². The Morgan fingerprint density at radius 2 is 1.73 bits per heavy atom. The molecule has 0 aliphatic heterocycles. The van der Waals surface area contributed by atoms with Gasteiger partial charge >= 0.3 is 12.1 Å². The van der Waals surface area contributed by atoms with Crippen LogP contribution < -0.4 is 5.32 Å². The van der Waals surface area contributed by atoms with Crippen LogP contribution in [0, 0.1) is 0 Å². The van der Waals surface area contributed by atoms with Crippen LogP contribution in [-0.4, -0.2) is 18.6 Å². The Morgan fingerprint density at radius 3 is 2.33 bits per heavy atom. The van der Waals surface area contributed by atoms with E-state index in [1.54, 1.807) is 0 Å². The van der Waals surface area contributed by atoms with Gasteiger partial charge in [-0.1, -0.05) is 33.1 Å². The van der Waals surface area contributed by atoms with E-state index in [4.69, 9.17) is 0 Å². The zero-order valence-electron chi connectivity index (χ0n) is 9.67. The molecular weight excluding hydrogens is 194 g/mol. The molecule has 0 aromatic carbocycles. The Labute approximate surface area is 91.4 Å².